The van der Waals surface area contributed by atoms with Crippen molar-refractivity contribution < 1.29 is 9.13 Å². The number of rotatable bonds is 1. The van der Waals surface area contributed by atoms with Crippen LogP contribution in [0.25, 0.3) is 0 Å². The number of hydrogen-bond donors (Lipinski definition) is 1. The van der Waals surface area contributed by atoms with E-state index in [9.17, 15) is 4.39 Å². The molecule has 15 heavy (non-hydrogen) atoms. The van der Waals surface area contributed by atoms with Crippen LogP contribution in [0, 0.1) is 5.82 Å². The van der Waals surface area contributed by atoms with Crippen molar-refractivity contribution in [2.75, 3.05) is 19.7 Å². The van der Waals surface area contributed by atoms with Crippen molar-refractivity contribution in [3.63, 3.8) is 0 Å². The average Bonchev–Trinajstić information content (AvgIpc) is 2.19. The molecule has 1 aliphatic heterocycles. The third-order valence-electron chi connectivity index (χ3n) is 2.62. The second-order valence-corrected chi connectivity index (χ2v) is 3.76. The number of hydrogen-bond acceptors (Lipinski definition) is 2. The Morgan fingerprint density at radius 3 is 2.53 bits per heavy atom. The number of nitrogens with one attached hydrogen (secondary N) is 1. The number of halogens is 2. The molecule has 1 atom stereocenters. The monoisotopic (exact) mass is 231 g/mol. The van der Waals surface area contributed by atoms with Crippen molar-refractivity contribution in [2.45, 2.75) is 12.5 Å². The van der Waals surface area contributed by atoms with Crippen molar-refractivity contribution in [3.05, 3.63) is 35.6 Å². The van der Waals surface area contributed by atoms with Crippen LogP contribution in [0.3, 0.4) is 0 Å². The second kappa shape index (κ2) is 4.92. The van der Waals surface area contributed by atoms with Gasteiger partial charge in [0, 0.05) is 13.1 Å². The summed E-state index contributed by atoms with van der Waals surface area (Å²) in [6, 6.07) is 6.50. The van der Waals surface area contributed by atoms with Crippen LogP contribution in [0.1, 0.15) is 12.5 Å². The SMILES string of the molecule is CC1(c2ccc(F)cc2)CNCCO1.Cl. The first-order valence-electron chi connectivity index (χ1n) is 4.81. The van der Waals surface area contributed by atoms with Crippen LogP contribution >= 0.6 is 12.4 Å². The molecule has 1 aliphatic rings. The predicted molar refractivity (Wildman–Crippen MR) is 59.8 cm³/mol. The Morgan fingerprint density at radius 2 is 2.00 bits per heavy atom. The molecule has 1 aromatic carbocycles. The van der Waals surface area contributed by atoms with E-state index in [0.29, 0.717) is 6.61 Å². The zero-order valence-corrected chi connectivity index (χ0v) is 9.44. The summed E-state index contributed by atoms with van der Waals surface area (Å²) in [5, 5.41) is 3.27. The molecule has 2 nitrogen and oxygen atoms in total. The quantitative estimate of drug-likeness (QED) is 0.799. The van der Waals surface area contributed by atoms with E-state index in [1.54, 1.807) is 12.1 Å². The van der Waals surface area contributed by atoms with Gasteiger partial charge in [-0.05, 0) is 24.6 Å². The molecule has 0 bridgehead atoms. The lowest BCUT2D eigenvalue weighted by Crippen LogP contribution is -2.45. The van der Waals surface area contributed by atoms with Crippen molar-refractivity contribution in [1.29, 1.82) is 0 Å². The molecule has 84 valence electrons. The molecule has 0 spiro atoms. The van der Waals surface area contributed by atoms with E-state index < -0.39 is 0 Å². The summed E-state index contributed by atoms with van der Waals surface area (Å²) in [6.07, 6.45) is 0. The minimum atomic E-state index is -0.314. The highest BCUT2D eigenvalue weighted by atomic mass is 35.5. The lowest BCUT2D eigenvalue weighted by molar-refractivity contribution is -0.0572. The van der Waals surface area contributed by atoms with E-state index in [0.717, 1.165) is 18.7 Å². The maximum atomic E-state index is 12.7. The summed E-state index contributed by atoms with van der Waals surface area (Å²) >= 11 is 0. The highest BCUT2D eigenvalue weighted by Crippen LogP contribution is 2.26. The smallest absolute Gasteiger partial charge is 0.123 e. The van der Waals surface area contributed by atoms with Gasteiger partial charge >= 0.3 is 0 Å². The van der Waals surface area contributed by atoms with Gasteiger partial charge in [0.1, 0.15) is 11.4 Å². The Balaban J connectivity index is 0.00000112. The Morgan fingerprint density at radius 1 is 1.33 bits per heavy atom. The lowest BCUT2D eigenvalue weighted by Gasteiger charge is -2.34. The number of benzene rings is 1. The fraction of sp³-hybridized carbons (Fsp3) is 0.455. The molecule has 1 aromatic rings. The van der Waals surface area contributed by atoms with E-state index in [2.05, 4.69) is 5.32 Å². The molecule has 1 fully saturated rings. The van der Waals surface area contributed by atoms with Gasteiger partial charge in [-0.1, -0.05) is 12.1 Å². The zero-order chi connectivity index (χ0) is 10.0. The van der Waals surface area contributed by atoms with Gasteiger partial charge in [-0.15, -0.1) is 12.4 Å². The van der Waals surface area contributed by atoms with Gasteiger partial charge in [0.2, 0.25) is 0 Å². The molecule has 0 amide bonds. The largest absolute Gasteiger partial charge is 0.368 e. The molecule has 1 heterocycles. The first-order chi connectivity index (χ1) is 6.71. The van der Waals surface area contributed by atoms with E-state index in [1.807, 2.05) is 6.92 Å². The van der Waals surface area contributed by atoms with Gasteiger partial charge in [-0.3, -0.25) is 0 Å². The van der Waals surface area contributed by atoms with Gasteiger partial charge in [-0.2, -0.15) is 0 Å². The Bertz CT molecular complexity index is 309. The lowest BCUT2D eigenvalue weighted by atomic mass is 9.95. The summed E-state index contributed by atoms with van der Waals surface area (Å²) in [6.45, 7) is 4.38. The van der Waals surface area contributed by atoms with Gasteiger partial charge in [0.25, 0.3) is 0 Å². The first-order valence-corrected chi connectivity index (χ1v) is 4.81. The predicted octanol–water partition coefficient (Wildman–Crippen LogP) is 2.08. The molecule has 0 aliphatic carbocycles. The van der Waals surface area contributed by atoms with Crippen LogP contribution in [0.5, 0.6) is 0 Å². The third-order valence-corrected chi connectivity index (χ3v) is 2.62. The topological polar surface area (TPSA) is 21.3 Å². The standard InChI is InChI=1S/C11H14FNO.ClH/c1-11(8-13-6-7-14-11)9-2-4-10(12)5-3-9;/h2-5,13H,6-8H2,1H3;1H. The van der Waals surface area contributed by atoms with Crippen LogP contribution in [0.15, 0.2) is 24.3 Å². The van der Waals surface area contributed by atoms with Crippen LogP contribution in [-0.4, -0.2) is 19.7 Å². The second-order valence-electron chi connectivity index (χ2n) is 3.76. The van der Waals surface area contributed by atoms with Gasteiger partial charge in [-0.25, -0.2) is 4.39 Å². The van der Waals surface area contributed by atoms with Crippen LogP contribution in [-0.2, 0) is 10.3 Å². The Kier molecular flexibility index (Phi) is 4.08. The fourth-order valence-electron chi connectivity index (χ4n) is 1.71. The number of morpholine rings is 1. The summed E-state index contributed by atoms with van der Waals surface area (Å²) in [4.78, 5) is 0. The summed E-state index contributed by atoms with van der Waals surface area (Å²) in [5.74, 6) is -0.207. The molecule has 2 rings (SSSR count). The molecule has 1 N–H and O–H groups in total. The molecule has 0 radical (unpaired) electrons. The maximum Gasteiger partial charge on any atom is 0.123 e. The van der Waals surface area contributed by atoms with Crippen molar-refractivity contribution in [3.8, 4) is 0 Å². The molecule has 1 saturated heterocycles. The minimum Gasteiger partial charge on any atom is -0.368 e. The van der Waals surface area contributed by atoms with Crippen LogP contribution in [0.4, 0.5) is 4.39 Å². The van der Waals surface area contributed by atoms with E-state index >= 15 is 0 Å². The van der Waals surface area contributed by atoms with Crippen LogP contribution in [0.2, 0.25) is 0 Å². The third kappa shape index (κ3) is 2.68. The maximum absolute atomic E-state index is 12.7. The molecule has 4 heteroatoms. The first kappa shape index (κ1) is 12.4. The zero-order valence-electron chi connectivity index (χ0n) is 8.63. The fourth-order valence-corrected chi connectivity index (χ4v) is 1.71. The summed E-state index contributed by atoms with van der Waals surface area (Å²) in [7, 11) is 0. The van der Waals surface area contributed by atoms with Crippen molar-refractivity contribution >= 4 is 12.4 Å². The van der Waals surface area contributed by atoms with Gasteiger partial charge < -0.3 is 10.1 Å². The Hall–Kier alpha value is -0.640. The highest BCUT2D eigenvalue weighted by molar-refractivity contribution is 5.85. The molecular formula is C11H15ClFNO. The minimum absolute atomic E-state index is 0. The summed E-state index contributed by atoms with van der Waals surface area (Å²) < 4.78 is 18.4. The van der Waals surface area contributed by atoms with Crippen molar-refractivity contribution in [2.24, 2.45) is 0 Å². The van der Waals surface area contributed by atoms with Gasteiger partial charge in [0.05, 0.1) is 6.61 Å². The molecule has 0 aromatic heterocycles. The average molecular weight is 232 g/mol. The van der Waals surface area contributed by atoms with E-state index in [4.69, 9.17) is 4.74 Å². The molecule has 1 unspecified atom stereocenters. The number of ether oxygens (including phenoxy) is 1. The highest BCUT2D eigenvalue weighted by Gasteiger charge is 2.29. The normalized spacial score (nSPS) is 25.7. The molecule has 0 saturated carbocycles. The van der Waals surface area contributed by atoms with Crippen molar-refractivity contribution in [1.82, 2.24) is 5.32 Å². The summed E-state index contributed by atoms with van der Waals surface area (Å²) in [5.41, 5.74) is 0.706. The van der Waals surface area contributed by atoms with E-state index in [-0.39, 0.29) is 23.8 Å². The molecular weight excluding hydrogens is 217 g/mol. The van der Waals surface area contributed by atoms with Crippen LogP contribution < -0.4 is 5.32 Å². The van der Waals surface area contributed by atoms with E-state index in [1.165, 1.54) is 12.1 Å². The van der Waals surface area contributed by atoms with Gasteiger partial charge in [0.15, 0.2) is 0 Å². The Labute approximate surface area is 95.2 Å².